The minimum Gasteiger partial charge on any atom is -0.497 e. The number of benzene rings is 1. The largest absolute Gasteiger partial charge is 0.497 e. The number of esters is 1. The Morgan fingerprint density at radius 3 is 2.57 bits per heavy atom. The molecule has 0 bridgehead atoms. The maximum absolute atomic E-state index is 12.3. The number of rotatable bonds is 4. The van der Waals surface area contributed by atoms with Gasteiger partial charge >= 0.3 is 5.97 Å². The average Bonchev–Trinajstić information content (AvgIpc) is 2.54. The molecule has 1 aliphatic heterocycles. The molecule has 0 radical (unpaired) electrons. The first-order valence-electron chi connectivity index (χ1n) is 7.12. The highest BCUT2D eigenvalue weighted by molar-refractivity contribution is 5.92. The lowest BCUT2D eigenvalue weighted by Crippen LogP contribution is -2.25. The Balaban J connectivity index is 2.56. The molecular formula is C17H18N2O4. The molecule has 6 nitrogen and oxygen atoms in total. The van der Waals surface area contributed by atoms with Crippen molar-refractivity contribution in [3.63, 3.8) is 0 Å². The number of methoxy groups -OCH3 is 1. The summed E-state index contributed by atoms with van der Waals surface area (Å²) in [5.41, 5.74) is 7.02. The van der Waals surface area contributed by atoms with Gasteiger partial charge in [0.25, 0.3) is 0 Å². The van der Waals surface area contributed by atoms with Crippen molar-refractivity contribution in [2.24, 2.45) is 5.73 Å². The number of nitriles is 1. The van der Waals surface area contributed by atoms with Crippen LogP contribution in [0, 0.1) is 11.3 Å². The first-order valence-corrected chi connectivity index (χ1v) is 7.12. The lowest BCUT2D eigenvalue weighted by atomic mass is 9.83. The number of nitrogens with two attached hydrogens (primary N) is 1. The third-order valence-electron chi connectivity index (χ3n) is 3.55. The zero-order valence-electron chi connectivity index (χ0n) is 13.3. The Morgan fingerprint density at radius 1 is 1.39 bits per heavy atom. The van der Waals surface area contributed by atoms with Crippen LogP contribution in [0.25, 0.3) is 0 Å². The van der Waals surface area contributed by atoms with Crippen LogP contribution in [0.2, 0.25) is 0 Å². The van der Waals surface area contributed by atoms with Crippen LogP contribution in [0.3, 0.4) is 0 Å². The maximum atomic E-state index is 12.3. The zero-order valence-corrected chi connectivity index (χ0v) is 13.3. The predicted molar refractivity (Wildman–Crippen MR) is 83.0 cm³/mol. The lowest BCUT2D eigenvalue weighted by Gasteiger charge is -2.26. The van der Waals surface area contributed by atoms with Gasteiger partial charge in [0, 0.05) is 0 Å². The molecule has 0 fully saturated rings. The molecule has 1 aromatic carbocycles. The molecule has 2 N–H and O–H groups in total. The molecule has 0 unspecified atom stereocenters. The van der Waals surface area contributed by atoms with Crippen LogP contribution in [0.4, 0.5) is 0 Å². The molecule has 2 rings (SSSR count). The molecule has 120 valence electrons. The van der Waals surface area contributed by atoms with Crippen LogP contribution in [0.1, 0.15) is 25.3 Å². The number of nitrogens with zero attached hydrogens (tertiary/aromatic N) is 1. The van der Waals surface area contributed by atoms with Gasteiger partial charge in [-0.25, -0.2) is 4.79 Å². The molecule has 1 aliphatic rings. The van der Waals surface area contributed by atoms with Crippen molar-refractivity contribution in [2.45, 2.75) is 19.8 Å². The maximum Gasteiger partial charge on any atom is 0.338 e. The molecular weight excluding hydrogens is 296 g/mol. The fourth-order valence-electron chi connectivity index (χ4n) is 2.48. The molecule has 0 saturated heterocycles. The van der Waals surface area contributed by atoms with Crippen LogP contribution in [-0.2, 0) is 14.3 Å². The minimum absolute atomic E-state index is 0.00105. The van der Waals surface area contributed by atoms with Gasteiger partial charge in [0.15, 0.2) is 0 Å². The summed E-state index contributed by atoms with van der Waals surface area (Å²) in [7, 11) is 1.57. The highest BCUT2D eigenvalue weighted by Crippen LogP contribution is 2.39. The van der Waals surface area contributed by atoms with E-state index in [-0.39, 0.29) is 23.6 Å². The second-order valence-corrected chi connectivity index (χ2v) is 4.89. The van der Waals surface area contributed by atoms with Gasteiger partial charge in [-0.05, 0) is 31.5 Å². The molecule has 0 aliphatic carbocycles. The summed E-state index contributed by atoms with van der Waals surface area (Å²) in [6.07, 6.45) is 0. The van der Waals surface area contributed by atoms with Crippen molar-refractivity contribution < 1.29 is 19.0 Å². The summed E-state index contributed by atoms with van der Waals surface area (Å²) in [5, 5.41) is 9.44. The topological polar surface area (TPSA) is 94.6 Å². The van der Waals surface area contributed by atoms with Crippen molar-refractivity contribution in [2.75, 3.05) is 13.7 Å². The van der Waals surface area contributed by atoms with E-state index >= 15 is 0 Å². The first-order chi connectivity index (χ1) is 11.0. The van der Waals surface area contributed by atoms with Crippen LogP contribution >= 0.6 is 0 Å². The van der Waals surface area contributed by atoms with Crippen molar-refractivity contribution in [1.82, 2.24) is 0 Å². The molecule has 0 spiro atoms. The van der Waals surface area contributed by atoms with E-state index in [2.05, 4.69) is 0 Å². The SMILES string of the molecule is CCOC(=O)C1=C(C)OC(N)=C(C#N)[C@H]1c1ccc(OC)cc1. The normalized spacial score (nSPS) is 17.4. The Kier molecular flexibility index (Phi) is 4.91. The van der Waals surface area contributed by atoms with E-state index in [9.17, 15) is 10.1 Å². The molecule has 1 atom stereocenters. The summed E-state index contributed by atoms with van der Waals surface area (Å²) < 4.78 is 15.6. The van der Waals surface area contributed by atoms with Crippen molar-refractivity contribution in [3.05, 3.63) is 52.6 Å². The van der Waals surface area contributed by atoms with Crippen molar-refractivity contribution >= 4 is 5.97 Å². The van der Waals surface area contributed by atoms with E-state index < -0.39 is 11.9 Å². The van der Waals surface area contributed by atoms with E-state index in [1.54, 1.807) is 45.2 Å². The van der Waals surface area contributed by atoms with E-state index in [1.165, 1.54) is 0 Å². The van der Waals surface area contributed by atoms with Gasteiger partial charge in [0.05, 0.1) is 25.2 Å². The summed E-state index contributed by atoms with van der Waals surface area (Å²) >= 11 is 0. The fourth-order valence-corrected chi connectivity index (χ4v) is 2.48. The zero-order chi connectivity index (χ0) is 17.0. The third-order valence-corrected chi connectivity index (χ3v) is 3.55. The van der Waals surface area contributed by atoms with Crippen molar-refractivity contribution in [3.8, 4) is 11.8 Å². The van der Waals surface area contributed by atoms with Crippen LogP contribution in [-0.4, -0.2) is 19.7 Å². The molecule has 0 aromatic heterocycles. The molecule has 23 heavy (non-hydrogen) atoms. The summed E-state index contributed by atoms with van der Waals surface area (Å²) in [5.74, 6) is -0.140. The van der Waals surface area contributed by atoms with Gasteiger partial charge in [-0.3, -0.25) is 0 Å². The summed E-state index contributed by atoms with van der Waals surface area (Å²) in [6.45, 7) is 3.57. The van der Waals surface area contributed by atoms with Gasteiger partial charge in [-0.1, -0.05) is 12.1 Å². The smallest absolute Gasteiger partial charge is 0.338 e. The van der Waals surface area contributed by atoms with E-state index in [0.29, 0.717) is 11.5 Å². The van der Waals surface area contributed by atoms with Gasteiger partial charge in [-0.15, -0.1) is 0 Å². The third kappa shape index (κ3) is 3.14. The summed E-state index contributed by atoms with van der Waals surface area (Å²) in [4.78, 5) is 12.3. The standard InChI is InChI=1S/C17H18N2O4/c1-4-22-17(20)14-10(2)23-16(19)13(9-18)15(14)11-5-7-12(21-3)8-6-11/h5-8,15H,4,19H2,1-3H3/t15-/m1/s1. The van der Waals surface area contributed by atoms with Crippen LogP contribution < -0.4 is 10.5 Å². The Morgan fingerprint density at radius 2 is 2.04 bits per heavy atom. The minimum atomic E-state index is -0.626. The van der Waals surface area contributed by atoms with Gasteiger partial charge in [0.1, 0.15) is 23.2 Å². The molecule has 0 amide bonds. The predicted octanol–water partition coefficient (Wildman–Crippen LogP) is 2.34. The Hall–Kier alpha value is -2.94. The van der Waals surface area contributed by atoms with Gasteiger partial charge < -0.3 is 19.9 Å². The van der Waals surface area contributed by atoms with E-state index in [1.807, 2.05) is 6.07 Å². The molecule has 1 heterocycles. The van der Waals surface area contributed by atoms with Crippen LogP contribution in [0.5, 0.6) is 5.75 Å². The highest BCUT2D eigenvalue weighted by atomic mass is 16.5. The monoisotopic (exact) mass is 314 g/mol. The Bertz CT molecular complexity index is 711. The number of hydrogen-bond acceptors (Lipinski definition) is 6. The number of hydrogen-bond donors (Lipinski definition) is 1. The van der Waals surface area contributed by atoms with E-state index in [4.69, 9.17) is 19.9 Å². The van der Waals surface area contributed by atoms with E-state index in [0.717, 1.165) is 5.56 Å². The molecule has 0 saturated carbocycles. The van der Waals surface area contributed by atoms with Crippen LogP contribution in [0.15, 0.2) is 47.1 Å². The number of ether oxygens (including phenoxy) is 3. The second-order valence-electron chi connectivity index (χ2n) is 4.89. The molecule has 6 heteroatoms. The number of carbonyl (C=O) groups is 1. The number of carbonyl (C=O) groups excluding carboxylic acids is 1. The van der Waals surface area contributed by atoms with Gasteiger partial charge in [-0.2, -0.15) is 5.26 Å². The second kappa shape index (κ2) is 6.88. The lowest BCUT2D eigenvalue weighted by molar-refractivity contribution is -0.139. The number of allylic oxidation sites excluding steroid dienone is 2. The fraction of sp³-hybridized carbons (Fsp3) is 0.294. The Labute approximate surface area is 134 Å². The summed E-state index contributed by atoms with van der Waals surface area (Å²) in [6, 6.07) is 9.12. The van der Waals surface area contributed by atoms with Crippen molar-refractivity contribution in [1.29, 1.82) is 5.26 Å². The quantitative estimate of drug-likeness (QED) is 0.857. The first kappa shape index (κ1) is 16.4. The van der Waals surface area contributed by atoms with Gasteiger partial charge in [0.2, 0.25) is 5.88 Å². The average molecular weight is 314 g/mol. The highest BCUT2D eigenvalue weighted by Gasteiger charge is 2.36. The molecule has 1 aromatic rings.